The van der Waals surface area contributed by atoms with E-state index < -0.39 is 0 Å². The van der Waals surface area contributed by atoms with Gasteiger partial charge in [-0.05, 0) is 24.6 Å². The molecule has 16 heavy (non-hydrogen) atoms. The van der Waals surface area contributed by atoms with Crippen LogP contribution in [0.15, 0.2) is 30.3 Å². The van der Waals surface area contributed by atoms with Crippen molar-refractivity contribution in [3.63, 3.8) is 0 Å². The topological polar surface area (TPSA) is 9.23 Å². The molecule has 0 spiro atoms. The first-order valence-electron chi connectivity index (χ1n) is 5.64. The van der Waals surface area contributed by atoms with Crippen molar-refractivity contribution in [1.82, 2.24) is 0 Å². The van der Waals surface area contributed by atoms with Crippen LogP contribution in [0.1, 0.15) is 19.4 Å². The van der Waals surface area contributed by atoms with E-state index in [-0.39, 0.29) is 6.23 Å². The fourth-order valence-corrected chi connectivity index (χ4v) is 1.21. The van der Waals surface area contributed by atoms with Gasteiger partial charge in [-0.3, -0.25) is 4.48 Å². The number of hydrogen-bond acceptors (Lipinski definition) is 1. The van der Waals surface area contributed by atoms with Crippen molar-refractivity contribution in [3.8, 4) is 5.75 Å². The molecule has 0 aliphatic heterocycles. The first kappa shape index (κ1) is 12.8. The van der Waals surface area contributed by atoms with Crippen molar-refractivity contribution >= 4 is 6.08 Å². The maximum absolute atomic E-state index is 5.86. The van der Waals surface area contributed by atoms with Gasteiger partial charge >= 0.3 is 0 Å². The van der Waals surface area contributed by atoms with Crippen molar-refractivity contribution in [2.75, 3.05) is 21.1 Å². The van der Waals surface area contributed by atoms with Crippen LogP contribution in [0.3, 0.4) is 0 Å². The van der Waals surface area contributed by atoms with Crippen molar-refractivity contribution in [2.45, 2.75) is 20.1 Å². The van der Waals surface area contributed by atoms with E-state index in [1.165, 1.54) is 5.56 Å². The lowest BCUT2D eigenvalue weighted by Gasteiger charge is -2.31. The second-order valence-corrected chi connectivity index (χ2v) is 4.90. The van der Waals surface area contributed by atoms with E-state index in [0.717, 1.165) is 10.2 Å². The highest BCUT2D eigenvalue weighted by molar-refractivity contribution is 5.50. The van der Waals surface area contributed by atoms with Gasteiger partial charge in [0.25, 0.3) is 0 Å². The zero-order chi connectivity index (χ0) is 12.2. The van der Waals surface area contributed by atoms with Crippen LogP contribution >= 0.6 is 0 Å². The van der Waals surface area contributed by atoms with E-state index in [2.05, 4.69) is 46.3 Å². The van der Waals surface area contributed by atoms with Crippen LogP contribution in [-0.4, -0.2) is 31.9 Å². The molecule has 0 N–H and O–H groups in total. The van der Waals surface area contributed by atoms with Crippen molar-refractivity contribution in [3.05, 3.63) is 35.9 Å². The fourth-order valence-electron chi connectivity index (χ4n) is 1.21. The molecule has 1 aromatic carbocycles. The van der Waals surface area contributed by atoms with Gasteiger partial charge in [0.2, 0.25) is 6.23 Å². The molecule has 1 aromatic rings. The van der Waals surface area contributed by atoms with Crippen LogP contribution in [0.25, 0.3) is 6.08 Å². The molecule has 1 atom stereocenters. The Morgan fingerprint density at radius 3 is 2.12 bits per heavy atom. The van der Waals surface area contributed by atoms with E-state index in [1.54, 1.807) is 0 Å². The summed E-state index contributed by atoms with van der Waals surface area (Å²) in [5, 5.41) is 0. The van der Waals surface area contributed by atoms with Crippen molar-refractivity contribution in [1.29, 1.82) is 0 Å². The molecular weight excluding hydrogens is 198 g/mol. The lowest BCUT2D eigenvalue weighted by atomic mass is 10.2. The third kappa shape index (κ3) is 3.70. The van der Waals surface area contributed by atoms with E-state index in [4.69, 9.17) is 4.74 Å². The molecule has 0 saturated carbocycles. The number of allylic oxidation sites excluding steroid dienone is 1. The number of hydrogen-bond donors (Lipinski definition) is 0. The van der Waals surface area contributed by atoms with E-state index in [9.17, 15) is 0 Å². The van der Waals surface area contributed by atoms with Crippen LogP contribution in [0, 0.1) is 0 Å². The van der Waals surface area contributed by atoms with E-state index in [1.807, 2.05) is 25.1 Å². The molecule has 0 aliphatic rings. The van der Waals surface area contributed by atoms with Crippen LogP contribution in [0.2, 0.25) is 0 Å². The Morgan fingerprint density at radius 1 is 1.12 bits per heavy atom. The van der Waals surface area contributed by atoms with Crippen LogP contribution in [-0.2, 0) is 0 Å². The number of ether oxygens (including phenoxy) is 1. The van der Waals surface area contributed by atoms with Gasteiger partial charge < -0.3 is 4.74 Å². The van der Waals surface area contributed by atoms with E-state index >= 15 is 0 Å². The molecule has 0 aromatic heterocycles. The minimum absolute atomic E-state index is 0.146. The number of rotatable bonds is 4. The summed E-state index contributed by atoms with van der Waals surface area (Å²) in [5.41, 5.74) is 1.20. The van der Waals surface area contributed by atoms with Gasteiger partial charge in [-0.2, -0.15) is 0 Å². The summed E-state index contributed by atoms with van der Waals surface area (Å²) in [4.78, 5) is 0. The molecule has 2 heteroatoms. The largest absolute Gasteiger partial charge is 0.443 e. The van der Waals surface area contributed by atoms with E-state index in [0.29, 0.717) is 0 Å². The summed E-state index contributed by atoms with van der Waals surface area (Å²) in [6.07, 6.45) is 4.25. The molecule has 0 fully saturated rings. The minimum Gasteiger partial charge on any atom is -0.443 e. The first-order valence-corrected chi connectivity index (χ1v) is 5.64. The lowest BCUT2D eigenvalue weighted by molar-refractivity contribution is -0.912. The molecular formula is C14H22NO+. The minimum atomic E-state index is 0.146. The summed E-state index contributed by atoms with van der Waals surface area (Å²) in [7, 11) is 6.37. The normalized spacial score (nSPS) is 14.1. The summed E-state index contributed by atoms with van der Waals surface area (Å²) >= 11 is 0. The van der Waals surface area contributed by atoms with Gasteiger partial charge in [-0.1, -0.05) is 24.3 Å². The molecule has 1 unspecified atom stereocenters. The fraction of sp³-hybridized carbons (Fsp3) is 0.429. The molecule has 0 saturated heterocycles. The summed E-state index contributed by atoms with van der Waals surface area (Å²) < 4.78 is 6.65. The molecule has 0 radical (unpaired) electrons. The second kappa shape index (κ2) is 5.17. The summed E-state index contributed by atoms with van der Waals surface area (Å²) in [5.74, 6) is 0.925. The third-order valence-corrected chi connectivity index (χ3v) is 2.64. The lowest BCUT2D eigenvalue weighted by Crippen LogP contribution is -2.46. The molecule has 0 heterocycles. The number of benzene rings is 1. The predicted octanol–water partition coefficient (Wildman–Crippen LogP) is 3.15. The zero-order valence-corrected chi connectivity index (χ0v) is 10.9. The van der Waals surface area contributed by atoms with Gasteiger partial charge in [0.15, 0.2) is 0 Å². The average molecular weight is 220 g/mol. The standard InChI is InChI=1S/C14H22NO/c1-6-7-13-8-10-14(11-9-13)16-12(2)15(3,4)5/h6-12H,1-5H3/q+1/b7-6+. The number of quaternary nitrogens is 1. The molecule has 0 bridgehead atoms. The van der Waals surface area contributed by atoms with Gasteiger partial charge in [0.05, 0.1) is 21.1 Å². The maximum Gasteiger partial charge on any atom is 0.230 e. The van der Waals surface area contributed by atoms with Crippen molar-refractivity contribution in [2.24, 2.45) is 0 Å². The highest BCUT2D eigenvalue weighted by atomic mass is 16.5. The van der Waals surface area contributed by atoms with Gasteiger partial charge in [-0.15, -0.1) is 0 Å². The Labute approximate surface area is 98.7 Å². The Bertz CT molecular complexity index is 346. The predicted molar refractivity (Wildman–Crippen MR) is 69.3 cm³/mol. The summed E-state index contributed by atoms with van der Waals surface area (Å²) in [6.45, 7) is 4.10. The van der Waals surface area contributed by atoms with Gasteiger partial charge in [-0.25, -0.2) is 0 Å². The zero-order valence-electron chi connectivity index (χ0n) is 10.9. The Morgan fingerprint density at radius 2 is 1.69 bits per heavy atom. The smallest absolute Gasteiger partial charge is 0.230 e. The summed E-state index contributed by atoms with van der Waals surface area (Å²) in [6, 6.07) is 8.17. The molecule has 0 amide bonds. The average Bonchev–Trinajstić information content (AvgIpc) is 2.20. The Balaban J connectivity index is 2.69. The molecule has 88 valence electrons. The first-order chi connectivity index (χ1) is 7.43. The SMILES string of the molecule is C/C=C/c1ccc(OC(C)[N+](C)(C)C)cc1. The molecule has 0 aliphatic carbocycles. The van der Waals surface area contributed by atoms with Gasteiger partial charge in [0.1, 0.15) is 5.75 Å². The van der Waals surface area contributed by atoms with Crippen LogP contribution < -0.4 is 4.74 Å². The Hall–Kier alpha value is -1.28. The van der Waals surface area contributed by atoms with Crippen molar-refractivity contribution < 1.29 is 9.22 Å². The van der Waals surface area contributed by atoms with Crippen LogP contribution in [0.4, 0.5) is 0 Å². The number of nitrogens with zero attached hydrogens (tertiary/aromatic N) is 1. The highest BCUT2D eigenvalue weighted by Crippen LogP contribution is 2.16. The quantitative estimate of drug-likeness (QED) is 0.559. The monoisotopic (exact) mass is 220 g/mol. The molecule has 1 rings (SSSR count). The second-order valence-electron chi connectivity index (χ2n) is 4.90. The third-order valence-electron chi connectivity index (χ3n) is 2.64. The van der Waals surface area contributed by atoms with Gasteiger partial charge in [0, 0.05) is 6.92 Å². The van der Waals surface area contributed by atoms with Crippen LogP contribution in [0.5, 0.6) is 5.75 Å². The Kier molecular flexibility index (Phi) is 4.13. The maximum atomic E-state index is 5.86. The highest BCUT2D eigenvalue weighted by Gasteiger charge is 2.19. The molecule has 2 nitrogen and oxygen atoms in total.